The van der Waals surface area contributed by atoms with Crippen LogP contribution in [0.1, 0.15) is 21.6 Å². The van der Waals surface area contributed by atoms with Crippen molar-refractivity contribution in [3.8, 4) is 0 Å². The van der Waals surface area contributed by atoms with Gasteiger partial charge in [0.2, 0.25) is 0 Å². The molecule has 0 radical (unpaired) electrons. The number of hydrogen-bond acceptors (Lipinski definition) is 2. The first kappa shape index (κ1) is 19.7. The molecule has 0 aliphatic heterocycles. The SMILES string of the molecule is O=C(NCc1ccccc1F)c1cc2sc(Br)cc2n1Cc1ccc(F)cc1F. The van der Waals surface area contributed by atoms with Gasteiger partial charge in [0, 0.05) is 23.7 Å². The van der Waals surface area contributed by atoms with E-state index in [0.29, 0.717) is 11.3 Å². The molecular weight excluding hydrogens is 465 g/mol. The van der Waals surface area contributed by atoms with Crippen LogP contribution in [0.3, 0.4) is 0 Å². The minimum absolute atomic E-state index is 0.0267. The molecule has 0 atom stereocenters. The fourth-order valence-corrected chi connectivity index (χ4v) is 4.66. The number of halogens is 4. The minimum atomic E-state index is -0.682. The second kappa shape index (κ2) is 8.04. The number of thiophene rings is 1. The number of nitrogens with one attached hydrogen (secondary N) is 1. The summed E-state index contributed by atoms with van der Waals surface area (Å²) in [5, 5.41) is 2.71. The molecule has 3 nitrogen and oxygen atoms in total. The molecule has 0 aliphatic rings. The molecule has 0 bridgehead atoms. The second-order valence-corrected chi connectivity index (χ2v) is 8.89. The van der Waals surface area contributed by atoms with Crippen LogP contribution in [-0.4, -0.2) is 10.5 Å². The lowest BCUT2D eigenvalue weighted by Crippen LogP contribution is -2.26. The van der Waals surface area contributed by atoms with Gasteiger partial charge in [0.25, 0.3) is 5.91 Å². The van der Waals surface area contributed by atoms with Crippen LogP contribution in [0.15, 0.2) is 58.4 Å². The fourth-order valence-electron chi connectivity index (χ4n) is 3.10. The van der Waals surface area contributed by atoms with Crippen molar-refractivity contribution in [2.75, 3.05) is 0 Å². The Morgan fingerprint density at radius 3 is 2.55 bits per heavy atom. The lowest BCUT2D eigenvalue weighted by molar-refractivity contribution is 0.0942. The van der Waals surface area contributed by atoms with Gasteiger partial charge in [0.15, 0.2) is 0 Å². The Labute approximate surface area is 176 Å². The average molecular weight is 479 g/mol. The van der Waals surface area contributed by atoms with Gasteiger partial charge in [0.1, 0.15) is 23.1 Å². The zero-order chi connectivity index (χ0) is 20.5. The van der Waals surface area contributed by atoms with E-state index in [1.54, 1.807) is 28.8 Å². The topological polar surface area (TPSA) is 34.0 Å². The summed E-state index contributed by atoms with van der Waals surface area (Å²) in [5.41, 5.74) is 1.70. The third kappa shape index (κ3) is 4.09. The van der Waals surface area contributed by atoms with E-state index < -0.39 is 23.4 Å². The Bertz CT molecular complexity index is 1220. The monoisotopic (exact) mass is 478 g/mol. The van der Waals surface area contributed by atoms with Gasteiger partial charge >= 0.3 is 0 Å². The molecule has 4 aromatic rings. The van der Waals surface area contributed by atoms with Crippen LogP contribution in [0.5, 0.6) is 0 Å². The van der Waals surface area contributed by atoms with Crippen molar-refractivity contribution in [1.82, 2.24) is 9.88 Å². The molecule has 29 heavy (non-hydrogen) atoms. The van der Waals surface area contributed by atoms with Crippen LogP contribution in [-0.2, 0) is 13.1 Å². The Hall–Kier alpha value is -2.58. The first-order valence-electron chi connectivity index (χ1n) is 8.66. The maximum atomic E-state index is 14.2. The maximum Gasteiger partial charge on any atom is 0.268 e. The van der Waals surface area contributed by atoms with E-state index in [2.05, 4.69) is 21.2 Å². The first-order valence-corrected chi connectivity index (χ1v) is 10.3. The predicted molar refractivity (Wildman–Crippen MR) is 111 cm³/mol. The molecular formula is C21H14BrF3N2OS. The highest BCUT2D eigenvalue weighted by Gasteiger charge is 2.19. The normalized spacial score (nSPS) is 11.2. The minimum Gasteiger partial charge on any atom is -0.347 e. The van der Waals surface area contributed by atoms with Gasteiger partial charge in [-0.15, -0.1) is 11.3 Å². The van der Waals surface area contributed by atoms with Crippen molar-refractivity contribution in [2.24, 2.45) is 0 Å². The Morgan fingerprint density at radius 2 is 1.79 bits per heavy atom. The van der Waals surface area contributed by atoms with E-state index in [1.807, 2.05) is 6.07 Å². The van der Waals surface area contributed by atoms with Gasteiger partial charge in [-0.05, 0) is 40.2 Å². The summed E-state index contributed by atoms with van der Waals surface area (Å²) < 4.78 is 44.6. The molecule has 0 saturated carbocycles. The summed E-state index contributed by atoms with van der Waals surface area (Å²) in [7, 11) is 0. The molecule has 0 aliphatic carbocycles. The highest BCUT2D eigenvalue weighted by Crippen LogP contribution is 2.33. The molecule has 4 rings (SSSR count). The number of carbonyl (C=O) groups is 1. The van der Waals surface area contributed by atoms with Crippen molar-refractivity contribution < 1.29 is 18.0 Å². The number of carbonyl (C=O) groups excluding carboxylic acids is 1. The van der Waals surface area contributed by atoms with Crippen LogP contribution in [0.25, 0.3) is 10.2 Å². The lowest BCUT2D eigenvalue weighted by Gasteiger charge is -2.12. The summed E-state index contributed by atoms with van der Waals surface area (Å²) in [6.45, 7) is 0.0835. The standard InChI is InChI=1S/C21H14BrF3N2OS/c22-20-9-17-19(29-20)8-18(21(28)26-10-12-3-1-2-4-15(12)24)27(17)11-13-5-6-14(23)7-16(13)25/h1-9H,10-11H2,(H,26,28). The van der Waals surface area contributed by atoms with Crippen molar-refractivity contribution in [1.29, 1.82) is 0 Å². The summed E-state index contributed by atoms with van der Waals surface area (Å²) in [6.07, 6.45) is 0. The quantitative estimate of drug-likeness (QED) is 0.382. The van der Waals surface area contributed by atoms with Gasteiger partial charge in [0.05, 0.1) is 20.5 Å². The average Bonchev–Trinajstić information content (AvgIpc) is 3.20. The third-order valence-electron chi connectivity index (χ3n) is 4.53. The first-order chi connectivity index (χ1) is 13.9. The Kier molecular flexibility index (Phi) is 5.47. The summed E-state index contributed by atoms with van der Waals surface area (Å²) in [6, 6.07) is 13.1. The Morgan fingerprint density at radius 1 is 1.00 bits per heavy atom. The van der Waals surface area contributed by atoms with E-state index in [9.17, 15) is 18.0 Å². The number of rotatable bonds is 5. The molecule has 8 heteroatoms. The number of aromatic nitrogens is 1. The van der Waals surface area contributed by atoms with E-state index in [1.165, 1.54) is 29.5 Å². The van der Waals surface area contributed by atoms with Crippen LogP contribution in [0.2, 0.25) is 0 Å². The number of amides is 1. The van der Waals surface area contributed by atoms with E-state index in [-0.39, 0.29) is 18.7 Å². The van der Waals surface area contributed by atoms with Crippen molar-refractivity contribution in [3.63, 3.8) is 0 Å². The molecule has 0 saturated heterocycles. The number of fused-ring (bicyclic) bond motifs is 1. The lowest BCUT2D eigenvalue weighted by atomic mass is 10.2. The molecule has 0 spiro atoms. The van der Waals surface area contributed by atoms with Crippen molar-refractivity contribution in [3.05, 3.63) is 92.7 Å². The zero-order valence-electron chi connectivity index (χ0n) is 14.9. The molecule has 2 aromatic carbocycles. The fraction of sp³-hybridized carbons (Fsp3) is 0.0952. The zero-order valence-corrected chi connectivity index (χ0v) is 17.3. The summed E-state index contributed by atoms with van der Waals surface area (Å²) >= 11 is 4.86. The van der Waals surface area contributed by atoms with Gasteiger partial charge in [-0.2, -0.15) is 0 Å². The number of hydrogen-bond donors (Lipinski definition) is 1. The maximum absolute atomic E-state index is 14.2. The van der Waals surface area contributed by atoms with Gasteiger partial charge in [-0.3, -0.25) is 4.79 Å². The summed E-state index contributed by atoms with van der Waals surface area (Å²) in [5.74, 6) is -2.15. The molecule has 0 unspecified atom stereocenters. The van der Waals surface area contributed by atoms with Crippen LogP contribution < -0.4 is 5.32 Å². The third-order valence-corrected chi connectivity index (χ3v) is 6.11. The number of nitrogens with zero attached hydrogens (tertiary/aromatic N) is 1. The largest absolute Gasteiger partial charge is 0.347 e. The van der Waals surface area contributed by atoms with Crippen LogP contribution in [0.4, 0.5) is 13.2 Å². The number of benzene rings is 2. The van der Waals surface area contributed by atoms with E-state index in [4.69, 9.17) is 0 Å². The highest BCUT2D eigenvalue weighted by molar-refractivity contribution is 9.11. The van der Waals surface area contributed by atoms with Gasteiger partial charge in [-0.1, -0.05) is 24.3 Å². The highest BCUT2D eigenvalue weighted by atomic mass is 79.9. The van der Waals surface area contributed by atoms with E-state index >= 15 is 0 Å². The van der Waals surface area contributed by atoms with Gasteiger partial charge in [-0.25, -0.2) is 13.2 Å². The van der Waals surface area contributed by atoms with Gasteiger partial charge < -0.3 is 9.88 Å². The van der Waals surface area contributed by atoms with Crippen molar-refractivity contribution >= 4 is 43.4 Å². The van der Waals surface area contributed by atoms with Crippen LogP contribution in [0, 0.1) is 17.5 Å². The van der Waals surface area contributed by atoms with Crippen molar-refractivity contribution in [2.45, 2.75) is 13.1 Å². The molecule has 2 aromatic heterocycles. The molecule has 1 amide bonds. The Balaban J connectivity index is 1.66. The van der Waals surface area contributed by atoms with Crippen LogP contribution >= 0.6 is 27.3 Å². The predicted octanol–water partition coefficient (Wildman–Crippen LogP) is 5.86. The molecule has 0 fully saturated rings. The summed E-state index contributed by atoms with van der Waals surface area (Å²) in [4.78, 5) is 12.8. The molecule has 1 N–H and O–H groups in total. The smallest absolute Gasteiger partial charge is 0.268 e. The van der Waals surface area contributed by atoms with E-state index in [0.717, 1.165) is 20.1 Å². The second-order valence-electron chi connectivity index (χ2n) is 6.43. The molecule has 2 heterocycles. The molecule has 148 valence electrons.